The lowest BCUT2D eigenvalue weighted by Gasteiger charge is -2.42. The molecular weight excluding hydrogens is 200 g/mol. The zero-order chi connectivity index (χ0) is 11.4. The van der Waals surface area contributed by atoms with E-state index >= 15 is 0 Å². The van der Waals surface area contributed by atoms with Crippen LogP contribution >= 0.6 is 0 Å². The third-order valence-electron chi connectivity index (χ3n) is 4.31. The largest absolute Gasteiger partial charge is 0.412 e. The molecule has 15 heavy (non-hydrogen) atoms. The van der Waals surface area contributed by atoms with Crippen molar-refractivity contribution in [3.63, 3.8) is 0 Å². The molecule has 1 aliphatic rings. The third-order valence-corrected chi connectivity index (χ3v) is 9.10. The molecule has 0 aromatic rings. The molecule has 0 aliphatic heterocycles. The van der Waals surface area contributed by atoms with Gasteiger partial charge in [-0.1, -0.05) is 40.0 Å². The van der Waals surface area contributed by atoms with Gasteiger partial charge in [-0.25, -0.2) is 0 Å². The Labute approximate surface area is 96.7 Å². The van der Waals surface area contributed by atoms with Crippen molar-refractivity contribution < 1.29 is 4.43 Å². The number of rotatable bonds is 5. The SMILES string of the molecule is CC[Si](CC)(CC)OC1(C)CCCCC1. The van der Waals surface area contributed by atoms with E-state index in [9.17, 15) is 0 Å². The lowest BCUT2D eigenvalue weighted by Crippen LogP contribution is -2.46. The average molecular weight is 228 g/mol. The first-order valence-corrected chi connectivity index (χ1v) is 9.33. The van der Waals surface area contributed by atoms with Gasteiger partial charge in [-0.05, 0) is 37.9 Å². The van der Waals surface area contributed by atoms with E-state index < -0.39 is 8.32 Å². The van der Waals surface area contributed by atoms with Crippen LogP contribution in [0.3, 0.4) is 0 Å². The second-order valence-corrected chi connectivity index (χ2v) is 10.0. The minimum atomic E-state index is -1.38. The molecule has 0 aromatic heterocycles. The van der Waals surface area contributed by atoms with E-state index in [1.807, 2.05) is 0 Å². The average Bonchev–Trinajstić information content (AvgIpc) is 2.27. The quantitative estimate of drug-likeness (QED) is 0.618. The fourth-order valence-corrected chi connectivity index (χ4v) is 6.07. The highest BCUT2D eigenvalue weighted by Crippen LogP contribution is 2.36. The van der Waals surface area contributed by atoms with Gasteiger partial charge in [0.25, 0.3) is 0 Å². The first-order chi connectivity index (χ1) is 7.10. The van der Waals surface area contributed by atoms with Gasteiger partial charge in [-0.15, -0.1) is 0 Å². The van der Waals surface area contributed by atoms with Gasteiger partial charge in [0, 0.05) is 0 Å². The van der Waals surface area contributed by atoms with Crippen LogP contribution in [-0.2, 0) is 4.43 Å². The zero-order valence-electron chi connectivity index (χ0n) is 11.1. The summed E-state index contributed by atoms with van der Waals surface area (Å²) in [4.78, 5) is 0. The van der Waals surface area contributed by atoms with Crippen molar-refractivity contribution in [1.29, 1.82) is 0 Å². The van der Waals surface area contributed by atoms with Crippen molar-refractivity contribution in [3.05, 3.63) is 0 Å². The Hall–Kier alpha value is 0.177. The van der Waals surface area contributed by atoms with E-state index in [4.69, 9.17) is 4.43 Å². The Kier molecular flexibility index (Phi) is 4.85. The molecule has 90 valence electrons. The van der Waals surface area contributed by atoms with Gasteiger partial charge in [0.15, 0.2) is 8.32 Å². The van der Waals surface area contributed by atoms with E-state index in [0.29, 0.717) is 0 Å². The highest BCUT2D eigenvalue weighted by molar-refractivity contribution is 6.73. The highest BCUT2D eigenvalue weighted by Gasteiger charge is 2.38. The summed E-state index contributed by atoms with van der Waals surface area (Å²) in [5.41, 5.74) is 0.229. The van der Waals surface area contributed by atoms with E-state index in [1.54, 1.807) is 0 Å². The first-order valence-electron chi connectivity index (χ1n) is 6.80. The summed E-state index contributed by atoms with van der Waals surface area (Å²) in [6.45, 7) is 9.33. The zero-order valence-corrected chi connectivity index (χ0v) is 12.1. The molecule has 1 rings (SSSR count). The first kappa shape index (κ1) is 13.2. The molecule has 0 bridgehead atoms. The summed E-state index contributed by atoms with van der Waals surface area (Å²) in [5.74, 6) is 0. The maximum absolute atomic E-state index is 6.65. The van der Waals surface area contributed by atoms with Crippen LogP contribution in [0.15, 0.2) is 0 Å². The second kappa shape index (κ2) is 5.49. The lowest BCUT2D eigenvalue weighted by molar-refractivity contribution is 0.0370. The van der Waals surface area contributed by atoms with Crippen LogP contribution in [0.1, 0.15) is 59.8 Å². The van der Waals surface area contributed by atoms with Gasteiger partial charge in [-0.3, -0.25) is 0 Å². The minimum Gasteiger partial charge on any atom is -0.412 e. The van der Waals surface area contributed by atoms with Crippen molar-refractivity contribution in [2.45, 2.75) is 83.5 Å². The fourth-order valence-electron chi connectivity index (χ4n) is 2.89. The molecule has 0 atom stereocenters. The molecular formula is C13H28OSi. The predicted octanol–water partition coefficient (Wildman–Crippen LogP) is 4.73. The summed E-state index contributed by atoms with van der Waals surface area (Å²) in [6, 6.07) is 3.86. The third kappa shape index (κ3) is 3.32. The van der Waals surface area contributed by atoms with Crippen LogP contribution in [-0.4, -0.2) is 13.9 Å². The van der Waals surface area contributed by atoms with Crippen molar-refractivity contribution >= 4 is 8.32 Å². The van der Waals surface area contributed by atoms with Crippen LogP contribution in [0.25, 0.3) is 0 Å². The molecule has 0 N–H and O–H groups in total. The van der Waals surface area contributed by atoms with Crippen LogP contribution in [0.2, 0.25) is 18.1 Å². The van der Waals surface area contributed by atoms with E-state index in [-0.39, 0.29) is 5.60 Å². The minimum absolute atomic E-state index is 0.229. The molecule has 0 saturated heterocycles. The van der Waals surface area contributed by atoms with Crippen LogP contribution in [0, 0.1) is 0 Å². The van der Waals surface area contributed by atoms with Crippen molar-refractivity contribution in [1.82, 2.24) is 0 Å². The Morgan fingerprint density at radius 2 is 1.40 bits per heavy atom. The van der Waals surface area contributed by atoms with E-state index in [2.05, 4.69) is 27.7 Å². The molecule has 0 amide bonds. The Morgan fingerprint density at radius 3 is 1.80 bits per heavy atom. The van der Waals surface area contributed by atoms with Crippen molar-refractivity contribution in [2.24, 2.45) is 0 Å². The van der Waals surface area contributed by atoms with Crippen molar-refractivity contribution in [2.75, 3.05) is 0 Å². The molecule has 1 nitrogen and oxygen atoms in total. The summed E-state index contributed by atoms with van der Waals surface area (Å²) >= 11 is 0. The van der Waals surface area contributed by atoms with Gasteiger partial charge in [-0.2, -0.15) is 0 Å². The van der Waals surface area contributed by atoms with Crippen LogP contribution in [0.4, 0.5) is 0 Å². The molecule has 0 aromatic carbocycles. The molecule has 0 spiro atoms. The molecule has 1 saturated carbocycles. The molecule has 0 unspecified atom stereocenters. The maximum Gasteiger partial charge on any atom is 0.192 e. The Balaban J connectivity index is 2.63. The molecule has 2 heteroatoms. The summed E-state index contributed by atoms with van der Waals surface area (Å²) in [5, 5.41) is 0. The monoisotopic (exact) mass is 228 g/mol. The Morgan fingerprint density at radius 1 is 0.933 bits per heavy atom. The summed E-state index contributed by atoms with van der Waals surface area (Å²) < 4.78 is 6.65. The van der Waals surface area contributed by atoms with Crippen LogP contribution in [0.5, 0.6) is 0 Å². The normalized spacial score (nSPS) is 21.6. The maximum atomic E-state index is 6.65. The highest BCUT2D eigenvalue weighted by atomic mass is 28.4. The smallest absolute Gasteiger partial charge is 0.192 e. The van der Waals surface area contributed by atoms with Gasteiger partial charge in [0.2, 0.25) is 0 Å². The topological polar surface area (TPSA) is 9.23 Å². The predicted molar refractivity (Wildman–Crippen MR) is 69.8 cm³/mol. The lowest BCUT2D eigenvalue weighted by atomic mass is 9.87. The fraction of sp³-hybridized carbons (Fsp3) is 1.00. The van der Waals surface area contributed by atoms with E-state index in [0.717, 1.165) is 0 Å². The standard InChI is InChI=1S/C13H28OSi/c1-5-15(6-2,7-3)14-13(4)11-9-8-10-12-13/h5-12H2,1-4H3. The van der Waals surface area contributed by atoms with Crippen molar-refractivity contribution in [3.8, 4) is 0 Å². The second-order valence-electron chi connectivity index (χ2n) is 5.36. The van der Waals surface area contributed by atoms with Gasteiger partial charge in [0.05, 0.1) is 5.60 Å². The summed E-state index contributed by atoms with van der Waals surface area (Å²) in [7, 11) is -1.38. The molecule has 0 heterocycles. The van der Waals surface area contributed by atoms with Gasteiger partial charge in [0.1, 0.15) is 0 Å². The molecule has 0 radical (unpaired) electrons. The van der Waals surface area contributed by atoms with Crippen LogP contribution < -0.4 is 0 Å². The van der Waals surface area contributed by atoms with Gasteiger partial charge < -0.3 is 4.43 Å². The molecule has 1 fully saturated rings. The number of hydrogen-bond donors (Lipinski definition) is 0. The summed E-state index contributed by atoms with van der Waals surface area (Å²) in [6.07, 6.45) is 6.75. The Bertz CT molecular complexity index is 173. The van der Waals surface area contributed by atoms with E-state index in [1.165, 1.54) is 50.2 Å². The molecule has 1 aliphatic carbocycles. The number of hydrogen-bond acceptors (Lipinski definition) is 1. The van der Waals surface area contributed by atoms with Gasteiger partial charge >= 0.3 is 0 Å².